The lowest BCUT2D eigenvalue weighted by atomic mass is 10.1. The van der Waals surface area contributed by atoms with Gasteiger partial charge in [-0.05, 0) is 30.2 Å². The molecule has 11 heteroatoms. The lowest BCUT2D eigenvalue weighted by molar-refractivity contribution is -0.384. The van der Waals surface area contributed by atoms with Crippen LogP contribution in [0.3, 0.4) is 0 Å². The van der Waals surface area contributed by atoms with Crippen molar-refractivity contribution in [2.45, 2.75) is 32.0 Å². The summed E-state index contributed by atoms with van der Waals surface area (Å²) in [7, 11) is 0. The minimum Gasteiger partial charge on any atom is -0.464 e. The van der Waals surface area contributed by atoms with Gasteiger partial charge in [-0.2, -0.15) is 0 Å². The number of rotatable bonds is 11. The van der Waals surface area contributed by atoms with E-state index in [1.54, 1.807) is 31.2 Å². The summed E-state index contributed by atoms with van der Waals surface area (Å²) in [6.45, 7) is 0.817. The molecule has 0 fully saturated rings. The van der Waals surface area contributed by atoms with Crippen LogP contribution in [0.1, 0.15) is 18.1 Å². The molecule has 0 saturated carbocycles. The molecule has 0 saturated heterocycles. The third-order valence-corrected chi connectivity index (χ3v) is 4.48. The van der Waals surface area contributed by atoms with Crippen molar-refractivity contribution in [1.29, 1.82) is 0 Å². The number of alkyl carbamates (subject to hydrolysis) is 1. The molecule has 2 amide bonds. The van der Waals surface area contributed by atoms with E-state index in [0.717, 1.165) is 5.56 Å². The Morgan fingerprint density at radius 1 is 0.970 bits per heavy atom. The standard InChI is InChI=1S/C22H25N3O8/c1-2-32-21(28)18(12-15-6-4-3-5-7-15)23-20(27)19(13-26)24-22(29)33-14-16-8-10-17(11-9-16)25(30)31/h3-11,18-19,26H,2,12-14H2,1H3,(H,23,27)(H,24,29). The van der Waals surface area contributed by atoms with Crippen LogP contribution in [0, 0.1) is 10.1 Å². The SMILES string of the molecule is CCOC(=O)C(Cc1ccccc1)NC(=O)C(CO)NC(=O)OCc1ccc([N+](=O)[O-])cc1. The van der Waals surface area contributed by atoms with Crippen molar-refractivity contribution in [3.05, 3.63) is 75.8 Å². The van der Waals surface area contributed by atoms with Crippen LogP contribution < -0.4 is 10.6 Å². The number of non-ortho nitro benzene ring substituents is 1. The molecule has 0 spiro atoms. The van der Waals surface area contributed by atoms with E-state index in [1.807, 2.05) is 6.07 Å². The zero-order valence-corrected chi connectivity index (χ0v) is 17.9. The largest absolute Gasteiger partial charge is 0.464 e. The molecule has 2 unspecified atom stereocenters. The molecule has 11 nitrogen and oxygen atoms in total. The van der Waals surface area contributed by atoms with Crippen molar-refractivity contribution in [2.24, 2.45) is 0 Å². The molecule has 0 radical (unpaired) electrons. The maximum Gasteiger partial charge on any atom is 0.408 e. The van der Waals surface area contributed by atoms with Crippen molar-refractivity contribution in [3.63, 3.8) is 0 Å². The summed E-state index contributed by atoms with van der Waals surface area (Å²) in [6.07, 6.45) is -0.827. The van der Waals surface area contributed by atoms with Crippen LogP contribution in [0.4, 0.5) is 10.5 Å². The fourth-order valence-corrected chi connectivity index (χ4v) is 2.80. The van der Waals surface area contributed by atoms with E-state index in [-0.39, 0.29) is 25.3 Å². The summed E-state index contributed by atoms with van der Waals surface area (Å²) in [6, 6.07) is 12.0. The summed E-state index contributed by atoms with van der Waals surface area (Å²) in [4.78, 5) is 47.0. The van der Waals surface area contributed by atoms with Gasteiger partial charge in [-0.3, -0.25) is 14.9 Å². The summed E-state index contributed by atoms with van der Waals surface area (Å²) in [5.41, 5.74) is 1.17. The van der Waals surface area contributed by atoms with E-state index in [2.05, 4.69) is 10.6 Å². The third kappa shape index (κ3) is 8.22. The van der Waals surface area contributed by atoms with E-state index in [9.17, 15) is 29.6 Å². The van der Waals surface area contributed by atoms with Gasteiger partial charge in [0.2, 0.25) is 5.91 Å². The number of hydrogen-bond acceptors (Lipinski definition) is 8. The van der Waals surface area contributed by atoms with Gasteiger partial charge in [-0.25, -0.2) is 9.59 Å². The first kappa shape index (κ1) is 25.3. The zero-order valence-electron chi connectivity index (χ0n) is 17.9. The average Bonchev–Trinajstić information content (AvgIpc) is 2.81. The smallest absolute Gasteiger partial charge is 0.408 e. The number of benzene rings is 2. The zero-order chi connectivity index (χ0) is 24.2. The van der Waals surface area contributed by atoms with Gasteiger partial charge in [0.05, 0.1) is 18.1 Å². The first-order valence-electron chi connectivity index (χ1n) is 10.1. The van der Waals surface area contributed by atoms with E-state index in [0.29, 0.717) is 5.56 Å². The highest BCUT2D eigenvalue weighted by Crippen LogP contribution is 2.12. The average molecular weight is 459 g/mol. The van der Waals surface area contributed by atoms with E-state index >= 15 is 0 Å². The molecule has 2 aromatic rings. The number of nitrogens with one attached hydrogen (secondary N) is 2. The Balaban J connectivity index is 1.94. The van der Waals surface area contributed by atoms with Crippen molar-refractivity contribution in [1.82, 2.24) is 10.6 Å². The first-order valence-corrected chi connectivity index (χ1v) is 10.1. The molecule has 0 aliphatic heterocycles. The molecule has 0 aromatic heterocycles. The Labute approximate surface area is 189 Å². The summed E-state index contributed by atoms with van der Waals surface area (Å²) in [5, 5.41) is 24.9. The normalized spacial score (nSPS) is 12.2. The number of nitro benzene ring substituents is 1. The van der Waals surface area contributed by atoms with Crippen LogP contribution in [0.2, 0.25) is 0 Å². The van der Waals surface area contributed by atoms with Crippen molar-refractivity contribution in [3.8, 4) is 0 Å². The number of carbonyl (C=O) groups excluding carboxylic acids is 3. The molecule has 3 N–H and O–H groups in total. The molecule has 0 bridgehead atoms. The number of esters is 1. The fourth-order valence-electron chi connectivity index (χ4n) is 2.80. The summed E-state index contributed by atoms with van der Waals surface area (Å²) in [5.74, 6) is -1.44. The number of nitrogens with zero attached hydrogens (tertiary/aromatic N) is 1. The number of hydrogen-bond donors (Lipinski definition) is 3. The minimum atomic E-state index is -1.37. The molecule has 0 heterocycles. The number of carbonyl (C=O) groups is 3. The molecule has 0 aliphatic carbocycles. The Kier molecular flexibility index (Phi) is 9.78. The van der Waals surface area contributed by atoms with Crippen LogP contribution >= 0.6 is 0 Å². The van der Waals surface area contributed by atoms with Crippen LogP contribution in [0.25, 0.3) is 0 Å². The van der Waals surface area contributed by atoms with Crippen molar-refractivity contribution in [2.75, 3.05) is 13.2 Å². The molecule has 0 aliphatic rings. The van der Waals surface area contributed by atoms with Crippen LogP contribution in [0.15, 0.2) is 54.6 Å². The van der Waals surface area contributed by atoms with Crippen LogP contribution in [0.5, 0.6) is 0 Å². The molecule has 2 rings (SSSR count). The maximum absolute atomic E-state index is 12.6. The molecular formula is C22H25N3O8. The first-order chi connectivity index (χ1) is 15.8. The van der Waals surface area contributed by atoms with Gasteiger partial charge >= 0.3 is 12.1 Å². The predicted molar refractivity (Wildman–Crippen MR) is 116 cm³/mol. The maximum atomic E-state index is 12.6. The second-order valence-electron chi connectivity index (χ2n) is 6.88. The molecule has 2 aromatic carbocycles. The number of aliphatic hydroxyl groups excluding tert-OH is 1. The number of aliphatic hydroxyl groups is 1. The Morgan fingerprint density at radius 3 is 2.21 bits per heavy atom. The fraction of sp³-hybridized carbons (Fsp3) is 0.318. The van der Waals surface area contributed by atoms with Gasteiger partial charge in [-0.15, -0.1) is 0 Å². The Hall–Kier alpha value is -3.99. The predicted octanol–water partition coefficient (Wildman–Crippen LogP) is 1.47. The molecule has 33 heavy (non-hydrogen) atoms. The van der Waals surface area contributed by atoms with Gasteiger partial charge in [0.15, 0.2) is 0 Å². The van der Waals surface area contributed by atoms with E-state index in [1.165, 1.54) is 24.3 Å². The van der Waals surface area contributed by atoms with Gasteiger partial charge in [-0.1, -0.05) is 30.3 Å². The number of ether oxygens (including phenoxy) is 2. The van der Waals surface area contributed by atoms with Gasteiger partial charge < -0.3 is 25.2 Å². The quantitative estimate of drug-likeness (QED) is 0.259. The Morgan fingerprint density at radius 2 is 1.64 bits per heavy atom. The molecule has 176 valence electrons. The minimum absolute atomic E-state index is 0.105. The van der Waals surface area contributed by atoms with Crippen LogP contribution in [-0.2, 0) is 32.1 Å². The molecule has 2 atom stereocenters. The highest BCUT2D eigenvalue weighted by molar-refractivity contribution is 5.89. The topological polar surface area (TPSA) is 157 Å². The highest BCUT2D eigenvalue weighted by atomic mass is 16.6. The highest BCUT2D eigenvalue weighted by Gasteiger charge is 2.27. The van der Waals surface area contributed by atoms with Crippen LogP contribution in [-0.4, -0.2) is 53.3 Å². The summed E-state index contributed by atoms with van der Waals surface area (Å²) >= 11 is 0. The monoisotopic (exact) mass is 459 g/mol. The number of nitro groups is 1. The summed E-state index contributed by atoms with van der Waals surface area (Å²) < 4.78 is 10.0. The van der Waals surface area contributed by atoms with Gasteiger partial charge in [0.1, 0.15) is 18.7 Å². The number of amides is 2. The van der Waals surface area contributed by atoms with Crippen molar-refractivity contribution < 1.29 is 33.9 Å². The third-order valence-electron chi connectivity index (χ3n) is 4.48. The van der Waals surface area contributed by atoms with Gasteiger partial charge in [0, 0.05) is 18.6 Å². The molecular weight excluding hydrogens is 434 g/mol. The van der Waals surface area contributed by atoms with E-state index < -0.39 is 41.6 Å². The second kappa shape index (κ2) is 12.8. The second-order valence-corrected chi connectivity index (χ2v) is 6.88. The van der Waals surface area contributed by atoms with E-state index in [4.69, 9.17) is 9.47 Å². The Bertz CT molecular complexity index is 950. The van der Waals surface area contributed by atoms with Gasteiger partial charge in [0.25, 0.3) is 5.69 Å². The van der Waals surface area contributed by atoms with Crippen molar-refractivity contribution >= 4 is 23.7 Å². The lowest BCUT2D eigenvalue weighted by Crippen LogP contribution is -2.54. The lowest BCUT2D eigenvalue weighted by Gasteiger charge is -2.21.